The first-order chi connectivity index (χ1) is 9.70. The third-order valence-electron chi connectivity index (χ3n) is 3.76. The molecule has 1 aromatic rings. The molecule has 0 radical (unpaired) electrons. The van der Waals surface area contributed by atoms with Crippen LogP contribution in [-0.2, 0) is 0 Å². The van der Waals surface area contributed by atoms with Gasteiger partial charge in [0.2, 0.25) is 0 Å². The van der Waals surface area contributed by atoms with E-state index in [1.165, 1.54) is 6.42 Å². The van der Waals surface area contributed by atoms with E-state index in [1.54, 1.807) is 6.07 Å². The highest BCUT2D eigenvalue weighted by molar-refractivity contribution is 5.42. The Labute approximate surface area is 120 Å². The molecule has 20 heavy (non-hydrogen) atoms. The zero-order valence-electron chi connectivity index (χ0n) is 12.0. The van der Waals surface area contributed by atoms with Crippen LogP contribution in [0.25, 0.3) is 0 Å². The van der Waals surface area contributed by atoms with Gasteiger partial charge in [-0.3, -0.25) is 4.90 Å². The largest absolute Gasteiger partial charge is 0.491 e. The molecule has 1 fully saturated rings. The van der Waals surface area contributed by atoms with Crippen LogP contribution in [0.4, 0.5) is 0 Å². The molecule has 1 N–H and O–H groups in total. The van der Waals surface area contributed by atoms with Crippen LogP contribution in [-0.4, -0.2) is 41.8 Å². The van der Waals surface area contributed by atoms with Crippen molar-refractivity contribution in [1.82, 2.24) is 4.90 Å². The molecule has 1 heterocycles. The Bertz CT molecular complexity index is 468. The summed E-state index contributed by atoms with van der Waals surface area (Å²) in [6.07, 6.45) is 2.92. The number of benzene rings is 1. The first-order valence-electron chi connectivity index (χ1n) is 7.24. The molecule has 0 saturated carbocycles. The Hall–Kier alpha value is -1.57. The van der Waals surface area contributed by atoms with E-state index in [0.717, 1.165) is 25.9 Å². The molecule has 0 bridgehead atoms. The van der Waals surface area contributed by atoms with E-state index in [-0.39, 0.29) is 6.10 Å². The van der Waals surface area contributed by atoms with Crippen LogP contribution in [0.3, 0.4) is 0 Å². The van der Waals surface area contributed by atoms with E-state index in [2.05, 4.69) is 11.0 Å². The van der Waals surface area contributed by atoms with Crippen molar-refractivity contribution in [3.8, 4) is 11.8 Å². The molecular weight excluding hydrogens is 252 g/mol. The fraction of sp³-hybridized carbons (Fsp3) is 0.562. The normalized spacial score (nSPS) is 20.6. The van der Waals surface area contributed by atoms with Crippen molar-refractivity contribution < 1.29 is 9.84 Å². The Morgan fingerprint density at radius 2 is 2.30 bits per heavy atom. The number of nitrogens with zero attached hydrogens (tertiary/aromatic N) is 2. The summed E-state index contributed by atoms with van der Waals surface area (Å²) in [4.78, 5) is 2.38. The number of aliphatic hydroxyl groups excluding tert-OH is 1. The Morgan fingerprint density at radius 1 is 1.50 bits per heavy atom. The summed E-state index contributed by atoms with van der Waals surface area (Å²) in [5.74, 6) is 0.654. The van der Waals surface area contributed by atoms with Crippen molar-refractivity contribution in [3.63, 3.8) is 0 Å². The molecule has 0 aromatic heterocycles. The molecular formula is C16H22N2O2. The summed E-state index contributed by atoms with van der Waals surface area (Å²) < 4.78 is 5.72. The third-order valence-corrected chi connectivity index (χ3v) is 3.76. The van der Waals surface area contributed by atoms with Crippen LogP contribution in [0.1, 0.15) is 31.7 Å². The molecule has 2 rings (SSSR count). The number of hydrogen-bond acceptors (Lipinski definition) is 4. The number of likely N-dealkylation sites (tertiary alicyclic amines) is 1. The molecule has 1 aliphatic rings. The van der Waals surface area contributed by atoms with E-state index in [1.807, 2.05) is 25.1 Å². The molecule has 1 saturated heterocycles. The molecule has 1 aromatic carbocycles. The lowest BCUT2D eigenvalue weighted by Gasteiger charge is -2.25. The van der Waals surface area contributed by atoms with Gasteiger partial charge in [0.25, 0.3) is 0 Å². The van der Waals surface area contributed by atoms with Gasteiger partial charge < -0.3 is 9.84 Å². The number of aliphatic hydroxyl groups is 1. The average Bonchev–Trinajstić information content (AvgIpc) is 2.86. The van der Waals surface area contributed by atoms with Crippen LogP contribution in [0, 0.1) is 11.3 Å². The lowest BCUT2D eigenvalue weighted by molar-refractivity contribution is 0.124. The van der Waals surface area contributed by atoms with Crippen LogP contribution in [0.5, 0.6) is 5.75 Å². The molecule has 4 nitrogen and oxygen atoms in total. The molecule has 0 aliphatic carbocycles. The average molecular weight is 274 g/mol. The van der Waals surface area contributed by atoms with Gasteiger partial charge in [-0.2, -0.15) is 5.26 Å². The van der Waals surface area contributed by atoms with Gasteiger partial charge in [-0.05, 0) is 44.9 Å². The van der Waals surface area contributed by atoms with Crippen LogP contribution < -0.4 is 4.74 Å². The fourth-order valence-corrected chi connectivity index (χ4v) is 2.81. The summed E-state index contributed by atoms with van der Waals surface area (Å²) in [5, 5.41) is 18.5. The van der Waals surface area contributed by atoms with Crippen molar-refractivity contribution in [2.75, 3.05) is 19.7 Å². The lowest BCUT2D eigenvalue weighted by Crippen LogP contribution is -2.35. The van der Waals surface area contributed by atoms with Gasteiger partial charge in [0.15, 0.2) is 0 Å². The molecule has 1 aliphatic heterocycles. The Kier molecular flexibility index (Phi) is 5.40. The van der Waals surface area contributed by atoms with Crippen molar-refractivity contribution in [2.24, 2.45) is 0 Å². The maximum absolute atomic E-state index is 9.51. The van der Waals surface area contributed by atoms with Crippen LogP contribution in [0.2, 0.25) is 0 Å². The SMILES string of the molecule is CC(O)CC1CCCN1CCOc1ccccc1C#N. The van der Waals surface area contributed by atoms with E-state index in [9.17, 15) is 5.11 Å². The smallest absolute Gasteiger partial charge is 0.137 e. The van der Waals surface area contributed by atoms with E-state index >= 15 is 0 Å². The predicted molar refractivity (Wildman–Crippen MR) is 77.5 cm³/mol. The second-order valence-electron chi connectivity index (χ2n) is 5.37. The van der Waals surface area contributed by atoms with Gasteiger partial charge >= 0.3 is 0 Å². The topological polar surface area (TPSA) is 56.5 Å². The second-order valence-corrected chi connectivity index (χ2v) is 5.37. The van der Waals surface area contributed by atoms with E-state index in [0.29, 0.717) is 24.0 Å². The minimum absolute atomic E-state index is 0.249. The minimum Gasteiger partial charge on any atom is -0.491 e. The number of nitriles is 1. The monoisotopic (exact) mass is 274 g/mol. The van der Waals surface area contributed by atoms with Crippen molar-refractivity contribution >= 4 is 0 Å². The summed E-state index contributed by atoms with van der Waals surface area (Å²) in [6.45, 7) is 4.34. The summed E-state index contributed by atoms with van der Waals surface area (Å²) >= 11 is 0. The Balaban J connectivity index is 1.82. The lowest BCUT2D eigenvalue weighted by atomic mass is 10.1. The van der Waals surface area contributed by atoms with Crippen LogP contribution in [0.15, 0.2) is 24.3 Å². The predicted octanol–water partition coefficient (Wildman–Crippen LogP) is 2.17. The highest BCUT2D eigenvalue weighted by Gasteiger charge is 2.25. The number of rotatable bonds is 6. The molecule has 2 unspecified atom stereocenters. The number of ether oxygens (including phenoxy) is 1. The fourth-order valence-electron chi connectivity index (χ4n) is 2.81. The van der Waals surface area contributed by atoms with Gasteiger partial charge in [0.05, 0.1) is 11.7 Å². The van der Waals surface area contributed by atoms with Gasteiger partial charge in [-0.15, -0.1) is 0 Å². The Morgan fingerprint density at radius 3 is 3.05 bits per heavy atom. The van der Waals surface area contributed by atoms with Crippen molar-refractivity contribution in [1.29, 1.82) is 5.26 Å². The summed E-state index contributed by atoms with van der Waals surface area (Å²) in [5.41, 5.74) is 0.578. The molecule has 108 valence electrons. The number of hydrogen-bond donors (Lipinski definition) is 1. The van der Waals surface area contributed by atoms with E-state index < -0.39 is 0 Å². The quantitative estimate of drug-likeness (QED) is 0.863. The van der Waals surface area contributed by atoms with Gasteiger partial charge in [0.1, 0.15) is 18.4 Å². The van der Waals surface area contributed by atoms with Crippen LogP contribution >= 0.6 is 0 Å². The summed E-state index contributed by atoms with van der Waals surface area (Å²) in [6, 6.07) is 9.91. The maximum atomic E-state index is 9.51. The molecule has 0 amide bonds. The minimum atomic E-state index is -0.249. The van der Waals surface area contributed by atoms with Gasteiger partial charge in [-0.1, -0.05) is 12.1 Å². The molecule has 0 spiro atoms. The first kappa shape index (κ1) is 14.8. The van der Waals surface area contributed by atoms with Crippen molar-refractivity contribution in [2.45, 2.75) is 38.3 Å². The second kappa shape index (κ2) is 7.28. The molecule has 4 heteroatoms. The standard InChI is InChI=1S/C16H22N2O2/c1-13(19)11-15-6-4-8-18(15)9-10-20-16-7-3-2-5-14(16)12-17/h2-3,5,7,13,15,19H,4,6,8-11H2,1H3. The summed E-state index contributed by atoms with van der Waals surface area (Å²) in [7, 11) is 0. The maximum Gasteiger partial charge on any atom is 0.137 e. The highest BCUT2D eigenvalue weighted by atomic mass is 16.5. The zero-order chi connectivity index (χ0) is 14.4. The third kappa shape index (κ3) is 3.96. The van der Waals surface area contributed by atoms with Gasteiger partial charge in [0, 0.05) is 12.6 Å². The highest BCUT2D eigenvalue weighted by Crippen LogP contribution is 2.21. The van der Waals surface area contributed by atoms with Gasteiger partial charge in [-0.25, -0.2) is 0 Å². The molecule has 2 atom stereocenters. The first-order valence-corrected chi connectivity index (χ1v) is 7.24. The zero-order valence-corrected chi connectivity index (χ0v) is 12.0. The number of para-hydroxylation sites is 1. The van der Waals surface area contributed by atoms with Crippen molar-refractivity contribution in [3.05, 3.63) is 29.8 Å². The van der Waals surface area contributed by atoms with E-state index in [4.69, 9.17) is 10.00 Å².